The van der Waals surface area contributed by atoms with Gasteiger partial charge in [-0.1, -0.05) is 0 Å². The Morgan fingerprint density at radius 1 is 1.00 bits per heavy atom. The molecule has 0 radical (unpaired) electrons. The van der Waals surface area contributed by atoms with Gasteiger partial charge in [-0.15, -0.1) is 0 Å². The number of halogens is 2. The lowest BCUT2D eigenvalue weighted by Gasteiger charge is -2.22. The standard InChI is InChI=1S/C31H24F2N4O3S/c1-34-31(38)29-24-15-23(19-14-27-25(35-17-19)12-13-37(27)22-10-8-21(33)9-11-22)26(36(2)41(3)39)16-28(24)40-30(29)18-4-6-20(32)7-5-18/h4-17H,1-3H3,(H,34,38). The lowest BCUT2D eigenvalue weighted by atomic mass is 9.99. The van der Waals surface area contributed by atoms with Gasteiger partial charge in [-0.05, 0) is 66.7 Å². The van der Waals surface area contributed by atoms with Gasteiger partial charge in [0.05, 0.1) is 40.7 Å². The van der Waals surface area contributed by atoms with Crippen LogP contribution in [0.5, 0.6) is 0 Å². The van der Waals surface area contributed by atoms with Crippen LogP contribution < -0.4 is 9.62 Å². The van der Waals surface area contributed by atoms with Crippen molar-refractivity contribution >= 4 is 45.0 Å². The molecule has 0 aliphatic heterocycles. The second-order valence-corrected chi connectivity index (χ2v) is 10.9. The monoisotopic (exact) mass is 570 g/mol. The van der Waals surface area contributed by atoms with Gasteiger partial charge in [0.25, 0.3) is 5.91 Å². The molecule has 1 N–H and O–H groups in total. The number of amides is 1. The first-order valence-corrected chi connectivity index (χ1v) is 14.2. The molecule has 0 aliphatic carbocycles. The third-order valence-corrected chi connectivity index (χ3v) is 8.01. The van der Waals surface area contributed by atoms with E-state index in [0.29, 0.717) is 44.7 Å². The third kappa shape index (κ3) is 4.71. The fourth-order valence-corrected chi connectivity index (χ4v) is 5.33. The van der Waals surface area contributed by atoms with Gasteiger partial charge in [0.15, 0.2) is 0 Å². The van der Waals surface area contributed by atoms with Gasteiger partial charge in [-0.2, -0.15) is 4.31 Å². The summed E-state index contributed by atoms with van der Waals surface area (Å²) in [5.41, 5.74) is 5.51. The second-order valence-electron chi connectivity index (χ2n) is 9.47. The summed E-state index contributed by atoms with van der Waals surface area (Å²) in [4.78, 5) is 17.8. The smallest absolute Gasteiger partial charge is 0.255 e. The molecule has 0 aliphatic rings. The normalized spacial score (nSPS) is 12.1. The number of nitrogens with one attached hydrogen (secondary N) is 1. The molecule has 3 aromatic heterocycles. The number of nitrogens with zero attached hydrogens (tertiary/aromatic N) is 3. The molecule has 3 heterocycles. The number of fused-ring (bicyclic) bond motifs is 2. The van der Waals surface area contributed by atoms with Gasteiger partial charge in [0, 0.05) is 53.3 Å². The summed E-state index contributed by atoms with van der Waals surface area (Å²) in [6.45, 7) is 0. The molecule has 0 bridgehead atoms. The zero-order valence-electron chi connectivity index (χ0n) is 22.3. The number of aromatic nitrogens is 2. The van der Waals surface area contributed by atoms with E-state index in [1.165, 1.54) is 31.3 Å². The minimum atomic E-state index is -1.38. The molecule has 1 amide bonds. The summed E-state index contributed by atoms with van der Waals surface area (Å²) in [7, 11) is 3.23. The molecule has 6 rings (SSSR count). The van der Waals surface area contributed by atoms with Gasteiger partial charge >= 0.3 is 0 Å². The number of benzene rings is 3. The number of pyridine rings is 1. The molecule has 0 spiro atoms. The predicted octanol–water partition coefficient (Wildman–Crippen LogP) is 6.47. The van der Waals surface area contributed by atoms with E-state index < -0.39 is 17.2 Å². The van der Waals surface area contributed by atoms with Crippen molar-refractivity contribution in [3.63, 3.8) is 0 Å². The molecular weight excluding hydrogens is 546 g/mol. The summed E-state index contributed by atoms with van der Waals surface area (Å²) in [6.07, 6.45) is 5.15. The molecule has 206 valence electrons. The Hall–Kier alpha value is -4.67. The van der Waals surface area contributed by atoms with Crippen molar-refractivity contribution in [3.8, 4) is 28.1 Å². The Morgan fingerprint density at radius 2 is 1.68 bits per heavy atom. The molecule has 41 heavy (non-hydrogen) atoms. The lowest BCUT2D eigenvalue weighted by Crippen LogP contribution is -2.25. The second kappa shape index (κ2) is 10.4. The van der Waals surface area contributed by atoms with E-state index in [0.717, 1.165) is 16.7 Å². The van der Waals surface area contributed by atoms with Crippen molar-refractivity contribution in [1.82, 2.24) is 14.9 Å². The molecule has 0 saturated heterocycles. The maximum Gasteiger partial charge on any atom is 0.255 e. The fraction of sp³-hybridized carbons (Fsp3) is 0.0968. The van der Waals surface area contributed by atoms with Crippen LogP contribution in [-0.4, -0.2) is 40.4 Å². The molecule has 0 saturated carbocycles. The Kier molecular flexibility index (Phi) is 6.72. The molecule has 7 nitrogen and oxygen atoms in total. The summed E-state index contributed by atoms with van der Waals surface area (Å²) in [6, 6.07) is 19.3. The number of furan rings is 1. The number of carbonyl (C=O) groups is 1. The number of hydrogen-bond donors (Lipinski definition) is 1. The largest absolute Gasteiger partial charge is 0.593 e. The third-order valence-electron chi connectivity index (χ3n) is 7.05. The van der Waals surface area contributed by atoms with E-state index in [-0.39, 0.29) is 11.7 Å². The molecular formula is C31H24F2N4O3S. The average molecular weight is 571 g/mol. The molecule has 3 aromatic carbocycles. The lowest BCUT2D eigenvalue weighted by molar-refractivity contribution is 0.0964. The number of anilines is 1. The quantitative estimate of drug-likeness (QED) is 0.232. The van der Waals surface area contributed by atoms with Crippen molar-refractivity contribution in [2.45, 2.75) is 0 Å². The highest BCUT2D eigenvalue weighted by Crippen LogP contribution is 2.41. The Morgan fingerprint density at radius 3 is 2.34 bits per heavy atom. The minimum Gasteiger partial charge on any atom is -0.593 e. The highest BCUT2D eigenvalue weighted by molar-refractivity contribution is 7.92. The topological polar surface area (TPSA) is 86.4 Å². The van der Waals surface area contributed by atoms with E-state index in [9.17, 15) is 18.1 Å². The zero-order chi connectivity index (χ0) is 28.8. The van der Waals surface area contributed by atoms with E-state index in [1.807, 2.05) is 29.0 Å². The van der Waals surface area contributed by atoms with E-state index in [1.54, 1.807) is 54.1 Å². The number of rotatable bonds is 6. The van der Waals surface area contributed by atoms with Crippen LogP contribution in [0.25, 0.3) is 50.1 Å². The molecule has 10 heteroatoms. The van der Waals surface area contributed by atoms with Crippen LogP contribution in [0.4, 0.5) is 14.5 Å². The van der Waals surface area contributed by atoms with Gasteiger partial charge in [-0.25, -0.2) is 8.78 Å². The first kappa shape index (κ1) is 26.5. The van der Waals surface area contributed by atoms with Crippen LogP contribution in [0.3, 0.4) is 0 Å². The van der Waals surface area contributed by atoms with Crippen LogP contribution in [0.1, 0.15) is 10.4 Å². The van der Waals surface area contributed by atoms with E-state index in [2.05, 4.69) is 10.3 Å². The van der Waals surface area contributed by atoms with Crippen molar-refractivity contribution in [2.24, 2.45) is 0 Å². The van der Waals surface area contributed by atoms with Crippen LogP contribution in [0, 0.1) is 11.6 Å². The summed E-state index contributed by atoms with van der Waals surface area (Å²) in [5.74, 6) is -0.810. The van der Waals surface area contributed by atoms with Crippen LogP contribution in [0.15, 0.2) is 89.6 Å². The van der Waals surface area contributed by atoms with Crippen LogP contribution in [-0.2, 0) is 11.4 Å². The highest BCUT2D eigenvalue weighted by Gasteiger charge is 2.26. The Balaban J connectivity index is 1.61. The van der Waals surface area contributed by atoms with E-state index >= 15 is 0 Å². The number of hydrogen-bond acceptors (Lipinski definition) is 5. The van der Waals surface area contributed by atoms with Crippen molar-refractivity contribution in [2.75, 3.05) is 24.7 Å². The maximum atomic E-state index is 13.7. The average Bonchev–Trinajstić information content (AvgIpc) is 3.57. The zero-order valence-corrected chi connectivity index (χ0v) is 23.1. The SMILES string of the molecule is CNC(=O)c1c(-c2ccc(F)cc2)oc2cc(N(C)[S+](C)[O-])c(-c3cnc4ccn(-c5ccc(F)cc5)c4c3)cc12. The fourth-order valence-electron chi connectivity index (χ4n) is 4.90. The number of carbonyl (C=O) groups excluding carboxylic acids is 1. The van der Waals surface area contributed by atoms with Crippen molar-refractivity contribution in [1.29, 1.82) is 0 Å². The molecule has 0 fully saturated rings. The summed E-state index contributed by atoms with van der Waals surface area (Å²) >= 11 is -1.38. The maximum absolute atomic E-state index is 13.7. The van der Waals surface area contributed by atoms with E-state index in [4.69, 9.17) is 4.42 Å². The van der Waals surface area contributed by atoms with Crippen LogP contribution in [0.2, 0.25) is 0 Å². The summed E-state index contributed by atoms with van der Waals surface area (Å²) < 4.78 is 49.6. The van der Waals surface area contributed by atoms with Crippen molar-refractivity contribution < 1.29 is 22.5 Å². The van der Waals surface area contributed by atoms with Gasteiger partial charge in [0.1, 0.15) is 29.2 Å². The van der Waals surface area contributed by atoms with Crippen LogP contribution >= 0.6 is 0 Å². The highest BCUT2D eigenvalue weighted by atomic mass is 32.2. The van der Waals surface area contributed by atoms with Gasteiger partial charge < -0.3 is 18.9 Å². The molecule has 1 atom stereocenters. The molecule has 1 unspecified atom stereocenters. The molecule has 6 aromatic rings. The first-order valence-electron chi connectivity index (χ1n) is 12.6. The Bertz CT molecular complexity index is 1920. The van der Waals surface area contributed by atoms with Crippen molar-refractivity contribution in [3.05, 3.63) is 102 Å². The predicted molar refractivity (Wildman–Crippen MR) is 157 cm³/mol. The minimum absolute atomic E-state index is 0.293. The van der Waals surface area contributed by atoms with Gasteiger partial charge in [-0.3, -0.25) is 9.78 Å². The summed E-state index contributed by atoms with van der Waals surface area (Å²) in [5, 5.41) is 3.21. The first-order chi connectivity index (χ1) is 19.7. The van der Waals surface area contributed by atoms with Gasteiger partial charge in [0.2, 0.25) is 0 Å². The Labute approximate surface area is 237 Å².